The van der Waals surface area contributed by atoms with Crippen LogP contribution in [0, 0.1) is 0 Å². The van der Waals surface area contributed by atoms with Crippen molar-refractivity contribution in [2.45, 2.75) is 26.3 Å². The fourth-order valence-corrected chi connectivity index (χ4v) is 4.41. The van der Waals surface area contributed by atoms with Crippen molar-refractivity contribution in [2.75, 3.05) is 25.7 Å². The van der Waals surface area contributed by atoms with Crippen LogP contribution in [0.25, 0.3) is 10.2 Å². The van der Waals surface area contributed by atoms with Crippen LogP contribution in [0.3, 0.4) is 0 Å². The molecular weight excluding hydrogens is 332 g/mol. The Morgan fingerprint density at radius 2 is 1.84 bits per heavy atom. The Morgan fingerprint density at radius 1 is 1.08 bits per heavy atom. The molecule has 4 nitrogen and oxygen atoms in total. The molecule has 130 valence electrons. The lowest BCUT2D eigenvalue weighted by atomic mass is 9.99. The molecule has 0 unspecified atom stereocenters. The number of methoxy groups -OCH3 is 2. The first kappa shape index (κ1) is 16.2. The summed E-state index contributed by atoms with van der Waals surface area (Å²) in [6.45, 7) is 4.02. The van der Waals surface area contributed by atoms with Crippen LogP contribution < -0.4 is 14.4 Å². The lowest BCUT2D eigenvalue weighted by Gasteiger charge is -2.29. The van der Waals surface area contributed by atoms with Crippen molar-refractivity contribution in [3.8, 4) is 11.5 Å². The maximum Gasteiger partial charge on any atom is 0.186 e. The van der Waals surface area contributed by atoms with E-state index in [9.17, 15) is 0 Å². The van der Waals surface area contributed by atoms with Crippen molar-refractivity contribution < 1.29 is 9.47 Å². The molecule has 2 aromatic carbocycles. The molecule has 0 saturated carbocycles. The Balaban J connectivity index is 1.65. The second kappa shape index (κ2) is 6.56. The standard InChI is InChI=1S/C20H22N2O2S/c1-4-13-5-6-16-19(9-13)25-20(21-16)22-8-7-14-10-17(23-2)18(24-3)11-15(14)12-22/h5-6,9-11H,4,7-8,12H2,1-3H3. The second-order valence-electron chi connectivity index (χ2n) is 6.30. The number of aryl methyl sites for hydroxylation is 1. The summed E-state index contributed by atoms with van der Waals surface area (Å²) in [5, 5.41) is 1.10. The van der Waals surface area contributed by atoms with Crippen molar-refractivity contribution in [1.29, 1.82) is 0 Å². The lowest BCUT2D eigenvalue weighted by molar-refractivity contribution is 0.353. The van der Waals surface area contributed by atoms with Crippen LogP contribution in [0.5, 0.6) is 11.5 Å². The van der Waals surface area contributed by atoms with Gasteiger partial charge in [0.15, 0.2) is 16.6 Å². The molecule has 1 aliphatic rings. The van der Waals surface area contributed by atoms with E-state index in [0.29, 0.717) is 0 Å². The average molecular weight is 354 g/mol. The maximum atomic E-state index is 5.46. The van der Waals surface area contributed by atoms with Crippen molar-refractivity contribution in [3.05, 3.63) is 47.0 Å². The van der Waals surface area contributed by atoms with Gasteiger partial charge in [-0.15, -0.1) is 0 Å². The zero-order chi connectivity index (χ0) is 17.4. The topological polar surface area (TPSA) is 34.6 Å². The fraction of sp³-hybridized carbons (Fsp3) is 0.350. The van der Waals surface area contributed by atoms with Crippen molar-refractivity contribution in [3.63, 3.8) is 0 Å². The smallest absolute Gasteiger partial charge is 0.186 e. The first-order chi connectivity index (χ1) is 12.2. The summed E-state index contributed by atoms with van der Waals surface area (Å²) in [5.41, 5.74) is 5.08. The highest BCUT2D eigenvalue weighted by Gasteiger charge is 2.21. The number of aromatic nitrogens is 1. The van der Waals surface area contributed by atoms with Crippen LogP contribution in [0.1, 0.15) is 23.6 Å². The van der Waals surface area contributed by atoms with Gasteiger partial charge in [-0.2, -0.15) is 0 Å². The highest BCUT2D eigenvalue weighted by Crippen LogP contribution is 2.36. The van der Waals surface area contributed by atoms with Gasteiger partial charge in [0, 0.05) is 13.1 Å². The third-order valence-electron chi connectivity index (χ3n) is 4.84. The van der Waals surface area contributed by atoms with E-state index in [2.05, 4.69) is 42.2 Å². The van der Waals surface area contributed by atoms with E-state index < -0.39 is 0 Å². The number of hydrogen-bond acceptors (Lipinski definition) is 5. The van der Waals surface area contributed by atoms with Gasteiger partial charge in [-0.3, -0.25) is 0 Å². The quantitative estimate of drug-likeness (QED) is 0.694. The summed E-state index contributed by atoms with van der Waals surface area (Å²) in [7, 11) is 3.37. The number of benzene rings is 2. The van der Waals surface area contributed by atoms with E-state index in [-0.39, 0.29) is 0 Å². The number of ether oxygens (including phenoxy) is 2. The fourth-order valence-electron chi connectivity index (χ4n) is 3.36. The predicted molar refractivity (Wildman–Crippen MR) is 103 cm³/mol. The Hall–Kier alpha value is -2.27. The van der Waals surface area contributed by atoms with E-state index in [1.54, 1.807) is 25.6 Å². The summed E-state index contributed by atoms with van der Waals surface area (Å²) in [5.74, 6) is 1.60. The van der Waals surface area contributed by atoms with Crippen LogP contribution in [0.15, 0.2) is 30.3 Å². The molecule has 2 heterocycles. The number of thiazole rings is 1. The second-order valence-corrected chi connectivity index (χ2v) is 7.31. The zero-order valence-electron chi connectivity index (χ0n) is 14.8. The predicted octanol–water partition coefficient (Wildman–Crippen LogP) is 4.44. The van der Waals surface area contributed by atoms with Gasteiger partial charge in [-0.05, 0) is 53.8 Å². The normalized spacial score (nSPS) is 13.8. The minimum Gasteiger partial charge on any atom is -0.493 e. The van der Waals surface area contributed by atoms with Gasteiger partial charge >= 0.3 is 0 Å². The summed E-state index contributed by atoms with van der Waals surface area (Å²) in [6, 6.07) is 10.8. The first-order valence-electron chi connectivity index (χ1n) is 8.60. The van der Waals surface area contributed by atoms with E-state index >= 15 is 0 Å². The van der Waals surface area contributed by atoms with Crippen LogP contribution >= 0.6 is 11.3 Å². The van der Waals surface area contributed by atoms with Gasteiger partial charge in [0.2, 0.25) is 0 Å². The molecule has 3 aromatic rings. The molecule has 0 spiro atoms. The minimum absolute atomic E-state index is 0.792. The SMILES string of the molecule is CCc1ccc2nc(N3CCc4cc(OC)c(OC)cc4C3)sc2c1. The maximum absolute atomic E-state index is 5.46. The van der Waals surface area contributed by atoms with Gasteiger partial charge in [-0.25, -0.2) is 4.98 Å². The lowest BCUT2D eigenvalue weighted by Crippen LogP contribution is -2.30. The number of hydrogen-bond donors (Lipinski definition) is 0. The molecule has 0 aliphatic carbocycles. The van der Waals surface area contributed by atoms with Crippen LogP contribution in [0.2, 0.25) is 0 Å². The summed E-state index contributed by atoms with van der Waals surface area (Å²) in [4.78, 5) is 7.22. The van der Waals surface area contributed by atoms with Crippen LogP contribution in [-0.4, -0.2) is 25.7 Å². The monoisotopic (exact) mass is 354 g/mol. The molecule has 0 atom stereocenters. The molecule has 25 heavy (non-hydrogen) atoms. The van der Waals surface area contributed by atoms with Crippen molar-refractivity contribution in [2.24, 2.45) is 0 Å². The summed E-state index contributed by atoms with van der Waals surface area (Å²) < 4.78 is 12.2. The number of anilines is 1. The van der Waals surface area contributed by atoms with Crippen LogP contribution in [0.4, 0.5) is 5.13 Å². The largest absolute Gasteiger partial charge is 0.493 e. The molecule has 0 fully saturated rings. The number of rotatable bonds is 4. The van der Waals surface area contributed by atoms with Gasteiger partial charge in [0.1, 0.15) is 0 Å². The molecule has 5 heteroatoms. The third-order valence-corrected chi connectivity index (χ3v) is 5.92. The van der Waals surface area contributed by atoms with Gasteiger partial charge in [0.25, 0.3) is 0 Å². The molecular formula is C20H22N2O2S. The van der Waals surface area contributed by atoms with E-state index in [1.165, 1.54) is 21.4 Å². The molecule has 0 radical (unpaired) electrons. The molecule has 0 bridgehead atoms. The molecule has 0 N–H and O–H groups in total. The Morgan fingerprint density at radius 3 is 2.56 bits per heavy atom. The first-order valence-corrected chi connectivity index (χ1v) is 9.41. The minimum atomic E-state index is 0.792. The van der Waals surface area contributed by atoms with Crippen molar-refractivity contribution in [1.82, 2.24) is 4.98 Å². The molecule has 4 rings (SSSR count). The van der Waals surface area contributed by atoms with Crippen molar-refractivity contribution >= 4 is 26.7 Å². The van der Waals surface area contributed by atoms with Gasteiger partial charge in [0.05, 0.1) is 24.4 Å². The molecule has 0 saturated heterocycles. The number of fused-ring (bicyclic) bond motifs is 2. The van der Waals surface area contributed by atoms with Gasteiger partial charge in [-0.1, -0.05) is 24.3 Å². The average Bonchev–Trinajstić information content (AvgIpc) is 3.09. The third kappa shape index (κ3) is 2.93. The molecule has 0 amide bonds. The molecule has 1 aromatic heterocycles. The summed E-state index contributed by atoms with van der Waals surface area (Å²) in [6.07, 6.45) is 2.05. The summed E-state index contributed by atoms with van der Waals surface area (Å²) >= 11 is 1.78. The number of nitrogens with zero attached hydrogens (tertiary/aromatic N) is 2. The Labute approximate surface area is 152 Å². The van der Waals surface area contributed by atoms with E-state index in [0.717, 1.165) is 48.1 Å². The Bertz CT molecular complexity index is 919. The molecule has 1 aliphatic heterocycles. The highest BCUT2D eigenvalue weighted by molar-refractivity contribution is 7.22. The van der Waals surface area contributed by atoms with E-state index in [4.69, 9.17) is 14.5 Å². The zero-order valence-corrected chi connectivity index (χ0v) is 15.7. The Kier molecular flexibility index (Phi) is 4.25. The van der Waals surface area contributed by atoms with Crippen LogP contribution in [-0.2, 0) is 19.4 Å². The highest BCUT2D eigenvalue weighted by atomic mass is 32.1. The van der Waals surface area contributed by atoms with E-state index in [1.807, 2.05) is 0 Å². The van der Waals surface area contributed by atoms with Gasteiger partial charge < -0.3 is 14.4 Å².